The van der Waals surface area contributed by atoms with Gasteiger partial charge in [0.05, 0.1) is 12.9 Å². The number of carbonyl (C=O) groups excluding carboxylic acids is 1. The Balaban J connectivity index is 2.30. The van der Waals surface area contributed by atoms with Crippen molar-refractivity contribution in [1.29, 1.82) is 0 Å². The van der Waals surface area contributed by atoms with Crippen LogP contribution in [0.5, 0.6) is 0 Å². The molecule has 0 bridgehead atoms. The van der Waals surface area contributed by atoms with Crippen LogP contribution in [0.4, 0.5) is 0 Å². The minimum absolute atomic E-state index is 0.116. The van der Waals surface area contributed by atoms with Crippen LogP contribution >= 0.6 is 0 Å². The van der Waals surface area contributed by atoms with Gasteiger partial charge in [-0.15, -0.1) is 0 Å². The summed E-state index contributed by atoms with van der Waals surface area (Å²) in [5.41, 5.74) is 2.77. The molecule has 0 heterocycles. The molecular formula is C13H14O2. The Morgan fingerprint density at radius 2 is 2.13 bits per heavy atom. The zero-order valence-electron chi connectivity index (χ0n) is 8.82. The molecule has 0 unspecified atom stereocenters. The second-order valence-electron chi connectivity index (χ2n) is 3.58. The summed E-state index contributed by atoms with van der Waals surface area (Å²) >= 11 is 0. The number of allylic oxidation sites excluding steroid dienone is 1. The molecule has 2 rings (SSSR count). The van der Waals surface area contributed by atoms with E-state index in [4.69, 9.17) is 4.74 Å². The lowest BCUT2D eigenvalue weighted by molar-refractivity contribution is 0.101. The number of benzene rings is 1. The van der Waals surface area contributed by atoms with Gasteiger partial charge in [-0.3, -0.25) is 4.79 Å². The van der Waals surface area contributed by atoms with Crippen LogP contribution in [-0.4, -0.2) is 12.4 Å². The Hall–Kier alpha value is -1.57. The first-order valence-corrected chi connectivity index (χ1v) is 5.26. The lowest BCUT2D eigenvalue weighted by Crippen LogP contribution is -2.14. The van der Waals surface area contributed by atoms with Crippen molar-refractivity contribution in [2.75, 3.05) is 6.61 Å². The van der Waals surface area contributed by atoms with Crippen molar-refractivity contribution in [3.63, 3.8) is 0 Å². The number of carbonyl (C=O) groups is 1. The van der Waals surface area contributed by atoms with E-state index >= 15 is 0 Å². The summed E-state index contributed by atoms with van der Waals surface area (Å²) in [6.45, 7) is 2.52. The van der Waals surface area contributed by atoms with Crippen LogP contribution in [0.2, 0.25) is 0 Å². The summed E-state index contributed by atoms with van der Waals surface area (Å²) in [5.74, 6) is 0.116. The lowest BCUT2D eigenvalue weighted by atomic mass is 9.87. The number of aryl methyl sites for hydroxylation is 1. The minimum Gasteiger partial charge on any atom is -0.501 e. The molecule has 0 saturated carbocycles. The van der Waals surface area contributed by atoms with E-state index < -0.39 is 0 Å². The van der Waals surface area contributed by atoms with Gasteiger partial charge in [0, 0.05) is 11.1 Å². The van der Waals surface area contributed by atoms with Crippen molar-refractivity contribution in [3.05, 3.63) is 47.2 Å². The maximum Gasteiger partial charge on any atom is 0.192 e. The van der Waals surface area contributed by atoms with Gasteiger partial charge in [-0.1, -0.05) is 24.3 Å². The summed E-state index contributed by atoms with van der Waals surface area (Å²) in [4.78, 5) is 12.0. The van der Waals surface area contributed by atoms with E-state index in [1.807, 2.05) is 31.2 Å². The second-order valence-corrected chi connectivity index (χ2v) is 3.58. The third kappa shape index (κ3) is 1.94. The Kier molecular flexibility index (Phi) is 2.86. The monoisotopic (exact) mass is 202 g/mol. The van der Waals surface area contributed by atoms with Gasteiger partial charge in [0.2, 0.25) is 0 Å². The summed E-state index contributed by atoms with van der Waals surface area (Å²) in [6, 6.07) is 7.78. The first kappa shape index (κ1) is 9.97. The topological polar surface area (TPSA) is 26.3 Å². The zero-order chi connectivity index (χ0) is 10.7. The molecule has 0 aromatic heterocycles. The highest BCUT2D eigenvalue weighted by Crippen LogP contribution is 2.24. The maximum atomic E-state index is 12.0. The van der Waals surface area contributed by atoms with E-state index in [2.05, 4.69) is 0 Å². The summed E-state index contributed by atoms with van der Waals surface area (Å²) in [7, 11) is 0. The molecule has 0 N–H and O–H groups in total. The van der Waals surface area contributed by atoms with E-state index in [9.17, 15) is 4.79 Å². The maximum absolute atomic E-state index is 12.0. The highest BCUT2D eigenvalue weighted by Gasteiger charge is 2.21. The van der Waals surface area contributed by atoms with Gasteiger partial charge in [0.1, 0.15) is 0 Å². The predicted molar refractivity (Wildman–Crippen MR) is 58.8 cm³/mol. The fourth-order valence-electron chi connectivity index (χ4n) is 1.81. The first-order valence-electron chi connectivity index (χ1n) is 5.26. The number of ether oxygens (including phenoxy) is 1. The van der Waals surface area contributed by atoms with Crippen molar-refractivity contribution >= 4 is 5.78 Å². The second kappa shape index (κ2) is 4.30. The fraction of sp³-hybridized carbons (Fsp3) is 0.308. The van der Waals surface area contributed by atoms with Crippen LogP contribution in [0.25, 0.3) is 0 Å². The molecule has 2 heteroatoms. The molecule has 0 amide bonds. The Morgan fingerprint density at radius 3 is 2.93 bits per heavy atom. The number of rotatable bonds is 2. The van der Waals surface area contributed by atoms with E-state index in [1.165, 1.54) is 0 Å². The van der Waals surface area contributed by atoms with Crippen LogP contribution in [0.15, 0.2) is 36.1 Å². The molecule has 0 saturated heterocycles. The number of ketones is 1. The Labute approximate surface area is 89.6 Å². The van der Waals surface area contributed by atoms with Gasteiger partial charge < -0.3 is 4.74 Å². The normalized spacial score (nSPS) is 17.7. The van der Waals surface area contributed by atoms with Crippen LogP contribution in [-0.2, 0) is 11.2 Å². The van der Waals surface area contributed by atoms with Crippen molar-refractivity contribution in [3.8, 4) is 0 Å². The van der Waals surface area contributed by atoms with Crippen molar-refractivity contribution in [1.82, 2.24) is 0 Å². The molecular weight excluding hydrogens is 188 g/mol. The SMILES string of the molecule is CCO/C=C1/CCc2ccccc2C1=O. The van der Waals surface area contributed by atoms with Crippen molar-refractivity contribution < 1.29 is 9.53 Å². The van der Waals surface area contributed by atoms with Crippen LogP contribution in [0.3, 0.4) is 0 Å². The molecule has 2 nitrogen and oxygen atoms in total. The van der Waals surface area contributed by atoms with Crippen molar-refractivity contribution in [2.24, 2.45) is 0 Å². The Bertz CT molecular complexity index is 405. The van der Waals surface area contributed by atoms with Crippen molar-refractivity contribution in [2.45, 2.75) is 19.8 Å². The van der Waals surface area contributed by atoms with Crippen LogP contribution < -0.4 is 0 Å². The number of hydrogen-bond acceptors (Lipinski definition) is 2. The Morgan fingerprint density at radius 1 is 1.33 bits per heavy atom. The number of fused-ring (bicyclic) bond motifs is 1. The molecule has 15 heavy (non-hydrogen) atoms. The van der Waals surface area contributed by atoms with Crippen LogP contribution in [0, 0.1) is 0 Å². The van der Waals surface area contributed by atoms with Crippen LogP contribution in [0.1, 0.15) is 29.3 Å². The van der Waals surface area contributed by atoms with E-state index in [-0.39, 0.29) is 5.78 Å². The highest BCUT2D eigenvalue weighted by atomic mass is 16.5. The van der Waals surface area contributed by atoms with E-state index in [0.29, 0.717) is 6.61 Å². The van der Waals surface area contributed by atoms with E-state index in [1.54, 1.807) is 6.26 Å². The van der Waals surface area contributed by atoms with Gasteiger partial charge in [-0.25, -0.2) is 0 Å². The van der Waals surface area contributed by atoms with Gasteiger partial charge in [-0.2, -0.15) is 0 Å². The standard InChI is InChI=1S/C13H14O2/c1-2-15-9-11-8-7-10-5-3-4-6-12(10)13(11)14/h3-6,9H,2,7-8H2,1H3/b11-9-. The van der Waals surface area contributed by atoms with E-state index in [0.717, 1.165) is 29.5 Å². The quantitative estimate of drug-likeness (QED) is 0.544. The number of Topliss-reactive ketones (excluding diaryl/α,β-unsaturated/α-hetero) is 1. The minimum atomic E-state index is 0.116. The smallest absolute Gasteiger partial charge is 0.192 e. The molecule has 78 valence electrons. The largest absolute Gasteiger partial charge is 0.501 e. The molecule has 1 aliphatic rings. The summed E-state index contributed by atoms with van der Waals surface area (Å²) < 4.78 is 5.18. The predicted octanol–water partition coefficient (Wildman–Crippen LogP) is 2.74. The first-order chi connectivity index (χ1) is 7.33. The average molecular weight is 202 g/mol. The highest BCUT2D eigenvalue weighted by molar-refractivity contribution is 6.10. The fourth-order valence-corrected chi connectivity index (χ4v) is 1.81. The summed E-state index contributed by atoms with van der Waals surface area (Å²) in [6.07, 6.45) is 3.33. The molecule has 1 aromatic carbocycles. The third-order valence-electron chi connectivity index (χ3n) is 2.61. The van der Waals surface area contributed by atoms with Gasteiger partial charge in [0.15, 0.2) is 5.78 Å². The molecule has 1 aliphatic carbocycles. The molecule has 0 fully saturated rings. The van der Waals surface area contributed by atoms with Gasteiger partial charge >= 0.3 is 0 Å². The summed E-state index contributed by atoms with van der Waals surface area (Å²) in [5, 5.41) is 0. The third-order valence-corrected chi connectivity index (χ3v) is 2.61. The molecule has 0 spiro atoms. The molecule has 0 radical (unpaired) electrons. The lowest BCUT2D eigenvalue weighted by Gasteiger charge is -2.16. The molecule has 0 atom stereocenters. The molecule has 0 aliphatic heterocycles. The van der Waals surface area contributed by atoms with Gasteiger partial charge in [-0.05, 0) is 25.3 Å². The number of hydrogen-bond donors (Lipinski definition) is 0. The zero-order valence-corrected chi connectivity index (χ0v) is 8.82. The van der Waals surface area contributed by atoms with Gasteiger partial charge in [0.25, 0.3) is 0 Å². The molecule has 1 aromatic rings. The average Bonchev–Trinajstić information content (AvgIpc) is 2.29.